The minimum atomic E-state index is -0.602. The van der Waals surface area contributed by atoms with Crippen LogP contribution in [0, 0.1) is 0 Å². The number of hydrogen-bond donors (Lipinski definition) is 2. The summed E-state index contributed by atoms with van der Waals surface area (Å²) in [7, 11) is 0. The summed E-state index contributed by atoms with van der Waals surface area (Å²) in [6.45, 7) is 7.22. The maximum absolute atomic E-state index is 11.8. The van der Waals surface area contributed by atoms with Crippen LogP contribution in [0.2, 0.25) is 0 Å². The van der Waals surface area contributed by atoms with Crippen LogP contribution in [0.1, 0.15) is 19.4 Å². The number of hydrogen-bond acceptors (Lipinski definition) is 5. The number of nitrogens with zero attached hydrogens (tertiary/aromatic N) is 1. The molecule has 2 rings (SSSR count). The second-order valence-corrected chi connectivity index (χ2v) is 6.28. The summed E-state index contributed by atoms with van der Waals surface area (Å²) in [5, 5.41) is 5.25. The summed E-state index contributed by atoms with van der Waals surface area (Å²) in [5.41, 5.74) is 0.899. The van der Waals surface area contributed by atoms with Crippen LogP contribution in [0.5, 0.6) is 0 Å². The van der Waals surface area contributed by atoms with E-state index in [1.165, 1.54) is 0 Å². The maximum atomic E-state index is 11.8. The summed E-state index contributed by atoms with van der Waals surface area (Å²) in [6.07, 6.45) is -0.184. The lowest BCUT2D eigenvalue weighted by atomic mass is 10.2. The van der Waals surface area contributed by atoms with E-state index in [4.69, 9.17) is 9.47 Å². The molecule has 1 fully saturated rings. The van der Waals surface area contributed by atoms with Gasteiger partial charge in [-0.25, -0.2) is 4.79 Å². The minimum Gasteiger partial charge on any atom is -0.445 e. The number of amides is 2. The van der Waals surface area contributed by atoms with Gasteiger partial charge in [-0.1, -0.05) is 30.3 Å². The largest absolute Gasteiger partial charge is 0.445 e. The van der Waals surface area contributed by atoms with Crippen molar-refractivity contribution in [2.24, 2.45) is 0 Å². The predicted molar refractivity (Wildman–Crippen MR) is 94.1 cm³/mol. The number of ether oxygens (including phenoxy) is 2. The van der Waals surface area contributed by atoms with E-state index < -0.39 is 6.09 Å². The Balaban J connectivity index is 1.55. The van der Waals surface area contributed by atoms with Crippen LogP contribution in [0.15, 0.2) is 30.3 Å². The molecule has 0 aromatic heterocycles. The van der Waals surface area contributed by atoms with Gasteiger partial charge in [-0.2, -0.15) is 0 Å². The number of morpholine rings is 1. The van der Waals surface area contributed by atoms with E-state index in [1.807, 2.05) is 44.2 Å². The first-order valence-corrected chi connectivity index (χ1v) is 8.62. The molecule has 2 N–H and O–H groups in total. The van der Waals surface area contributed by atoms with Gasteiger partial charge in [-0.15, -0.1) is 0 Å². The van der Waals surface area contributed by atoms with Crippen molar-refractivity contribution in [2.45, 2.75) is 32.7 Å². The number of benzene rings is 1. The Labute approximate surface area is 148 Å². The van der Waals surface area contributed by atoms with E-state index in [-0.39, 0.29) is 31.3 Å². The molecule has 1 aliphatic heterocycles. The molecule has 1 aliphatic rings. The summed E-state index contributed by atoms with van der Waals surface area (Å²) >= 11 is 0. The molecule has 0 aliphatic carbocycles. The average Bonchev–Trinajstić information content (AvgIpc) is 2.58. The van der Waals surface area contributed by atoms with Gasteiger partial charge >= 0.3 is 6.09 Å². The molecule has 25 heavy (non-hydrogen) atoms. The maximum Gasteiger partial charge on any atom is 0.407 e. The first kappa shape index (κ1) is 19.2. The van der Waals surface area contributed by atoms with E-state index in [9.17, 15) is 9.59 Å². The number of nitrogens with one attached hydrogen (secondary N) is 2. The highest BCUT2D eigenvalue weighted by Crippen LogP contribution is 2.09. The Morgan fingerprint density at radius 3 is 2.52 bits per heavy atom. The van der Waals surface area contributed by atoms with Crippen molar-refractivity contribution in [1.29, 1.82) is 0 Å². The quantitative estimate of drug-likeness (QED) is 0.772. The second kappa shape index (κ2) is 10.0. The third kappa shape index (κ3) is 7.53. The molecule has 1 aromatic carbocycles. The van der Waals surface area contributed by atoms with Crippen LogP contribution in [0.3, 0.4) is 0 Å². The van der Waals surface area contributed by atoms with Crippen LogP contribution < -0.4 is 10.6 Å². The molecule has 2 atom stereocenters. The summed E-state index contributed by atoms with van der Waals surface area (Å²) in [4.78, 5) is 25.6. The third-order valence-corrected chi connectivity index (χ3v) is 3.85. The fraction of sp³-hybridized carbons (Fsp3) is 0.556. The van der Waals surface area contributed by atoms with Crippen LogP contribution in [0.4, 0.5) is 4.79 Å². The van der Waals surface area contributed by atoms with E-state index in [0.717, 1.165) is 25.2 Å². The van der Waals surface area contributed by atoms with Crippen molar-refractivity contribution in [1.82, 2.24) is 15.5 Å². The fourth-order valence-electron chi connectivity index (χ4n) is 2.81. The van der Waals surface area contributed by atoms with E-state index >= 15 is 0 Å². The van der Waals surface area contributed by atoms with Gasteiger partial charge < -0.3 is 20.1 Å². The van der Waals surface area contributed by atoms with Crippen molar-refractivity contribution in [3.05, 3.63) is 35.9 Å². The number of carbonyl (C=O) groups excluding carboxylic acids is 2. The average molecular weight is 349 g/mol. The zero-order valence-corrected chi connectivity index (χ0v) is 14.9. The zero-order valence-electron chi connectivity index (χ0n) is 14.9. The molecule has 2 amide bonds. The second-order valence-electron chi connectivity index (χ2n) is 6.28. The third-order valence-electron chi connectivity index (χ3n) is 3.85. The normalized spacial score (nSPS) is 20.7. The van der Waals surface area contributed by atoms with Gasteiger partial charge in [0.25, 0.3) is 0 Å². The molecule has 138 valence electrons. The van der Waals surface area contributed by atoms with Crippen molar-refractivity contribution >= 4 is 12.0 Å². The number of rotatable bonds is 7. The highest BCUT2D eigenvalue weighted by Gasteiger charge is 2.21. The minimum absolute atomic E-state index is 0.0937. The SMILES string of the molecule is C[C@H]1CN(CCNC(=O)CNC(=O)OCc2ccccc2)C[C@H](C)O1. The highest BCUT2D eigenvalue weighted by molar-refractivity contribution is 5.82. The van der Waals surface area contributed by atoms with Gasteiger partial charge in [0.15, 0.2) is 0 Å². The molecule has 0 spiro atoms. The lowest BCUT2D eigenvalue weighted by molar-refractivity contribution is -0.120. The molecule has 0 radical (unpaired) electrons. The molecule has 0 unspecified atom stereocenters. The topological polar surface area (TPSA) is 79.9 Å². The first-order valence-electron chi connectivity index (χ1n) is 8.62. The predicted octanol–water partition coefficient (Wildman–Crippen LogP) is 1.14. The number of carbonyl (C=O) groups is 2. The molecule has 0 saturated carbocycles. The lowest BCUT2D eigenvalue weighted by Crippen LogP contribution is -2.48. The lowest BCUT2D eigenvalue weighted by Gasteiger charge is -2.35. The Hall–Kier alpha value is -2.12. The molecule has 1 heterocycles. The van der Waals surface area contributed by atoms with Crippen LogP contribution in [-0.4, -0.2) is 61.8 Å². The molecule has 1 saturated heterocycles. The number of alkyl carbamates (subject to hydrolysis) is 1. The Morgan fingerprint density at radius 2 is 1.84 bits per heavy atom. The zero-order chi connectivity index (χ0) is 18.1. The van der Waals surface area contributed by atoms with Crippen LogP contribution in [-0.2, 0) is 20.9 Å². The standard InChI is InChI=1S/C18H27N3O4/c1-14-11-21(12-15(2)25-14)9-8-19-17(22)10-20-18(23)24-13-16-6-4-3-5-7-16/h3-7,14-15H,8-13H2,1-2H3,(H,19,22)(H,20,23)/t14-,15-/m0/s1. The molecule has 7 nitrogen and oxygen atoms in total. The summed E-state index contributed by atoms with van der Waals surface area (Å²) < 4.78 is 10.7. The van der Waals surface area contributed by atoms with Crippen molar-refractivity contribution < 1.29 is 19.1 Å². The smallest absolute Gasteiger partial charge is 0.407 e. The Morgan fingerprint density at radius 1 is 1.16 bits per heavy atom. The summed E-state index contributed by atoms with van der Waals surface area (Å²) in [5.74, 6) is -0.231. The van der Waals surface area contributed by atoms with Gasteiger partial charge in [-0.3, -0.25) is 9.69 Å². The van der Waals surface area contributed by atoms with Gasteiger partial charge in [-0.05, 0) is 19.4 Å². The molecular weight excluding hydrogens is 322 g/mol. The Bertz CT molecular complexity index is 543. The molecule has 1 aromatic rings. The van der Waals surface area contributed by atoms with Crippen molar-refractivity contribution in [2.75, 3.05) is 32.7 Å². The van der Waals surface area contributed by atoms with Crippen LogP contribution in [0.25, 0.3) is 0 Å². The Kier molecular flexibility index (Phi) is 7.69. The van der Waals surface area contributed by atoms with Gasteiger partial charge in [0, 0.05) is 26.2 Å². The van der Waals surface area contributed by atoms with Crippen molar-refractivity contribution in [3.8, 4) is 0 Å². The molecular formula is C18H27N3O4. The van der Waals surface area contributed by atoms with Gasteiger partial charge in [0.05, 0.1) is 18.8 Å². The highest BCUT2D eigenvalue weighted by atomic mass is 16.5. The fourth-order valence-corrected chi connectivity index (χ4v) is 2.81. The van der Waals surface area contributed by atoms with E-state index in [1.54, 1.807) is 0 Å². The first-order chi connectivity index (χ1) is 12.0. The van der Waals surface area contributed by atoms with Gasteiger partial charge in [0.2, 0.25) is 5.91 Å². The molecule has 7 heteroatoms. The monoisotopic (exact) mass is 349 g/mol. The van der Waals surface area contributed by atoms with Crippen LogP contribution >= 0.6 is 0 Å². The summed E-state index contributed by atoms with van der Waals surface area (Å²) in [6, 6.07) is 9.38. The van der Waals surface area contributed by atoms with E-state index in [0.29, 0.717) is 6.54 Å². The molecule has 0 bridgehead atoms. The van der Waals surface area contributed by atoms with Crippen molar-refractivity contribution in [3.63, 3.8) is 0 Å². The van der Waals surface area contributed by atoms with E-state index in [2.05, 4.69) is 15.5 Å². The van der Waals surface area contributed by atoms with Gasteiger partial charge in [0.1, 0.15) is 6.61 Å².